The maximum atomic E-state index is 8.76. The molecular weight excluding hydrogens is 173 g/mol. The van der Waals surface area contributed by atoms with Gasteiger partial charge in [0.25, 0.3) is 0 Å². The van der Waals surface area contributed by atoms with Crippen molar-refractivity contribution in [2.75, 3.05) is 13.6 Å². The van der Waals surface area contributed by atoms with Gasteiger partial charge in [-0.1, -0.05) is 19.8 Å². The smallest absolute Gasteiger partial charge is 0.108 e. The van der Waals surface area contributed by atoms with Crippen molar-refractivity contribution < 1.29 is 5.11 Å². The van der Waals surface area contributed by atoms with Crippen molar-refractivity contribution in [3.05, 3.63) is 0 Å². The minimum Gasteiger partial charge on any atom is -0.462 e. The first-order chi connectivity index (χ1) is 6.35. The molecule has 2 nitrogen and oxygen atoms in total. The lowest BCUT2D eigenvalue weighted by atomic mass is 9.62. The van der Waals surface area contributed by atoms with Gasteiger partial charge >= 0.3 is 0 Å². The molecule has 0 aromatic heterocycles. The van der Waals surface area contributed by atoms with Crippen molar-refractivity contribution in [3.63, 3.8) is 0 Å². The van der Waals surface area contributed by atoms with Gasteiger partial charge in [0.15, 0.2) is 0 Å². The minimum atomic E-state index is -0.354. The highest BCUT2D eigenvalue weighted by atomic mass is 16.2. The van der Waals surface area contributed by atoms with Crippen LogP contribution in [0.1, 0.15) is 27.2 Å². The summed E-state index contributed by atoms with van der Waals surface area (Å²) in [7, 11) is 8.20. The van der Waals surface area contributed by atoms with Crippen LogP contribution < -0.4 is 0 Å². The Bertz CT molecular complexity index is 281. The summed E-state index contributed by atoms with van der Waals surface area (Å²) in [5.74, 6) is 3.39. The van der Waals surface area contributed by atoms with E-state index in [1.54, 1.807) is 0 Å². The standard InChI is InChI=1S/C11H18BNO/c1-9(2)7-10(3,5-6-14)11(12)8-13(11)4/h9,14H,7-8H2,1-4H3. The predicted octanol–water partition coefficient (Wildman–Crippen LogP) is 1.18. The molecule has 1 heterocycles. The number of likely N-dealkylation sites (N-methyl/N-ethyl adjacent to an activating group) is 1. The molecule has 76 valence electrons. The van der Waals surface area contributed by atoms with Crippen LogP contribution in [0.3, 0.4) is 0 Å². The van der Waals surface area contributed by atoms with Gasteiger partial charge in [0.05, 0.1) is 7.85 Å². The van der Waals surface area contributed by atoms with E-state index in [-0.39, 0.29) is 10.9 Å². The number of hydrogen-bond donors (Lipinski definition) is 1. The Hall–Kier alpha value is -0.615. The summed E-state index contributed by atoms with van der Waals surface area (Å²) in [4.78, 5) is 2.07. The zero-order chi connectivity index (χ0) is 11.0. The van der Waals surface area contributed by atoms with Crippen molar-refractivity contribution in [2.45, 2.75) is 32.6 Å². The summed E-state index contributed by atoms with van der Waals surface area (Å²) in [6.07, 6.45) is 2.93. The van der Waals surface area contributed by atoms with Gasteiger partial charge in [0.1, 0.15) is 6.11 Å². The fourth-order valence-electron chi connectivity index (χ4n) is 2.20. The number of aliphatic hydroxyl groups excluding tert-OH is 1. The van der Waals surface area contributed by atoms with Gasteiger partial charge in [-0.2, -0.15) is 0 Å². The molecule has 3 unspecified atom stereocenters. The second kappa shape index (κ2) is 3.51. The zero-order valence-electron chi connectivity index (χ0n) is 9.46. The lowest BCUT2D eigenvalue weighted by molar-refractivity contribution is 0.278. The van der Waals surface area contributed by atoms with Crippen LogP contribution in [0, 0.1) is 23.4 Å². The van der Waals surface area contributed by atoms with Gasteiger partial charge in [-0.15, -0.1) is 0 Å². The average molecular weight is 191 g/mol. The summed E-state index contributed by atoms with van der Waals surface area (Å²) in [5, 5.41) is 8.76. The van der Waals surface area contributed by atoms with Crippen LogP contribution in [0.5, 0.6) is 0 Å². The number of aliphatic hydroxyl groups is 1. The van der Waals surface area contributed by atoms with E-state index in [0.29, 0.717) is 5.92 Å². The minimum absolute atomic E-state index is 0.315. The van der Waals surface area contributed by atoms with E-state index in [1.165, 1.54) is 0 Å². The third-order valence-electron chi connectivity index (χ3n) is 3.16. The highest BCUT2D eigenvalue weighted by Gasteiger charge is 2.56. The van der Waals surface area contributed by atoms with Crippen molar-refractivity contribution in [2.24, 2.45) is 11.3 Å². The Balaban J connectivity index is 2.86. The van der Waals surface area contributed by atoms with Gasteiger partial charge in [0.2, 0.25) is 0 Å². The molecular formula is C11H18BNO. The molecule has 0 saturated carbocycles. The fraction of sp³-hybridized carbons (Fsp3) is 0.818. The molecule has 0 spiro atoms. The largest absolute Gasteiger partial charge is 0.462 e. The molecule has 3 heteroatoms. The zero-order valence-corrected chi connectivity index (χ0v) is 9.46. The predicted molar refractivity (Wildman–Crippen MR) is 58.4 cm³/mol. The highest BCUT2D eigenvalue weighted by molar-refractivity contribution is 6.18. The van der Waals surface area contributed by atoms with Crippen LogP contribution in [0.4, 0.5) is 0 Å². The monoisotopic (exact) mass is 191 g/mol. The maximum absolute atomic E-state index is 8.76. The summed E-state index contributed by atoms with van der Waals surface area (Å²) in [6.45, 7) is 7.16. The molecule has 1 saturated heterocycles. The van der Waals surface area contributed by atoms with E-state index in [1.807, 2.05) is 20.1 Å². The van der Waals surface area contributed by atoms with Crippen LogP contribution in [0.25, 0.3) is 0 Å². The Kier molecular flexibility index (Phi) is 2.87. The van der Waals surface area contributed by atoms with Crippen LogP contribution in [-0.4, -0.2) is 36.9 Å². The Morgan fingerprint density at radius 3 is 2.43 bits per heavy atom. The maximum Gasteiger partial charge on any atom is 0.108 e. The first kappa shape index (κ1) is 11.5. The van der Waals surface area contributed by atoms with Crippen LogP contribution in [0.2, 0.25) is 0 Å². The van der Waals surface area contributed by atoms with Crippen molar-refractivity contribution in [1.29, 1.82) is 0 Å². The summed E-state index contributed by atoms with van der Waals surface area (Å²) in [6, 6.07) is 0. The normalized spacial score (nSPS) is 34.5. The van der Waals surface area contributed by atoms with Crippen LogP contribution in [-0.2, 0) is 0 Å². The van der Waals surface area contributed by atoms with Crippen molar-refractivity contribution in [1.82, 2.24) is 4.90 Å². The SMILES string of the molecule is [B]C1(C(C)(C#CO)CC(C)C)CN1C. The van der Waals surface area contributed by atoms with Crippen LogP contribution in [0.15, 0.2) is 0 Å². The van der Waals surface area contributed by atoms with Crippen molar-refractivity contribution in [3.8, 4) is 12.0 Å². The van der Waals surface area contributed by atoms with E-state index in [2.05, 4.69) is 24.7 Å². The van der Waals surface area contributed by atoms with Crippen molar-refractivity contribution >= 4 is 7.85 Å². The molecule has 2 radical (unpaired) electrons. The molecule has 1 N–H and O–H groups in total. The van der Waals surface area contributed by atoms with Gasteiger partial charge < -0.3 is 10.0 Å². The third kappa shape index (κ3) is 1.76. The third-order valence-corrected chi connectivity index (χ3v) is 3.16. The molecule has 1 aliphatic heterocycles. The quantitative estimate of drug-likeness (QED) is 0.411. The number of hydrogen-bond acceptors (Lipinski definition) is 2. The van der Waals surface area contributed by atoms with E-state index < -0.39 is 0 Å². The van der Waals surface area contributed by atoms with Gasteiger partial charge in [-0.3, -0.25) is 0 Å². The van der Waals surface area contributed by atoms with E-state index in [0.717, 1.165) is 13.0 Å². The molecule has 1 aliphatic rings. The second-order valence-corrected chi connectivity index (χ2v) is 4.95. The molecule has 0 amide bonds. The summed E-state index contributed by atoms with van der Waals surface area (Å²) < 4.78 is 0. The Morgan fingerprint density at radius 2 is 2.14 bits per heavy atom. The van der Waals surface area contributed by atoms with Crippen LogP contribution >= 0.6 is 0 Å². The average Bonchev–Trinajstić information content (AvgIpc) is 2.60. The fourth-order valence-corrected chi connectivity index (χ4v) is 2.20. The highest BCUT2D eigenvalue weighted by Crippen LogP contribution is 2.46. The molecule has 1 fully saturated rings. The van der Waals surface area contributed by atoms with E-state index in [9.17, 15) is 0 Å². The number of rotatable bonds is 3. The molecule has 0 bridgehead atoms. The lowest BCUT2D eigenvalue weighted by Crippen LogP contribution is -2.39. The van der Waals surface area contributed by atoms with Gasteiger partial charge in [-0.05, 0) is 26.3 Å². The van der Waals surface area contributed by atoms with E-state index in [4.69, 9.17) is 13.0 Å². The first-order valence-corrected chi connectivity index (χ1v) is 5.02. The second-order valence-electron chi connectivity index (χ2n) is 4.95. The van der Waals surface area contributed by atoms with E-state index >= 15 is 0 Å². The molecule has 1 rings (SSSR count). The molecule has 0 aromatic carbocycles. The molecule has 0 aromatic rings. The van der Waals surface area contributed by atoms with Gasteiger partial charge in [0, 0.05) is 17.4 Å². The summed E-state index contributed by atoms with van der Waals surface area (Å²) >= 11 is 0. The molecule has 0 aliphatic carbocycles. The Morgan fingerprint density at radius 1 is 1.64 bits per heavy atom. The van der Waals surface area contributed by atoms with Gasteiger partial charge in [-0.25, -0.2) is 0 Å². The molecule has 14 heavy (non-hydrogen) atoms. The summed E-state index contributed by atoms with van der Waals surface area (Å²) in [5.41, 5.74) is -0.669. The Labute approximate surface area is 88.1 Å². The number of nitrogens with zero attached hydrogens (tertiary/aromatic N) is 1. The molecule has 3 atom stereocenters. The first-order valence-electron chi connectivity index (χ1n) is 5.02. The topological polar surface area (TPSA) is 23.2 Å². The lowest BCUT2D eigenvalue weighted by Gasteiger charge is -2.33.